The van der Waals surface area contributed by atoms with Crippen molar-refractivity contribution in [3.05, 3.63) is 46.3 Å². The molecule has 3 rings (SSSR count). The van der Waals surface area contributed by atoms with E-state index in [1.165, 1.54) is 17.4 Å². The van der Waals surface area contributed by atoms with Crippen molar-refractivity contribution in [1.29, 1.82) is 0 Å². The third-order valence-corrected chi connectivity index (χ3v) is 4.36. The lowest BCUT2D eigenvalue weighted by atomic mass is 10.2. The normalized spacial score (nSPS) is 16.3. The first-order valence-electron chi connectivity index (χ1n) is 6.77. The van der Waals surface area contributed by atoms with Crippen LogP contribution < -0.4 is 5.56 Å². The van der Waals surface area contributed by atoms with Gasteiger partial charge in [0.1, 0.15) is 0 Å². The van der Waals surface area contributed by atoms with Crippen molar-refractivity contribution in [2.75, 3.05) is 26.2 Å². The van der Waals surface area contributed by atoms with Crippen molar-refractivity contribution in [1.82, 2.24) is 19.2 Å². The number of carbonyl (C=O) groups excluding carboxylic acids is 1. The number of carbonyl (C=O) groups is 1. The lowest BCUT2D eigenvalue weighted by Gasteiger charge is -2.33. The van der Waals surface area contributed by atoms with E-state index in [0.29, 0.717) is 19.6 Å². The summed E-state index contributed by atoms with van der Waals surface area (Å²) < 4.78 is 1.55. The lowest BCUT2D eigenvalue weighted by Crippen LogP contribution is -2.47. The zero-order chi connectivity index (χ0) is 14.8. The lowest BCUT2D eigenvalue weighted by molar-refractivity contribution is -0.127. The van der Waals surface area contributed by atoms with Gasteiger partial charge in [-0.05, 0) is 6.08 Å². The molecule has 2 aromatic heterocycles. The van der Waals surface area contributed by atoms with Gasteiger partial charge >= 0.3 is 0 Å². The highest BCUT2D eigenvalue weighted by Gasteiger charge is 2.19. The fraction of sp³-hybridized carbons (Fsp3) is 0.357. The van der Waals surface area contributed by atoms with Crippen LogP contribution in [0.15, 0.2) is 35.1 Å². The fourth-order valence-corrected chi connectivity index (χ4v) is 3.19. The maximum Gasteiger partial charge on any atom is 0.258 e. The van der Waals surface area contributed by atoms with Crippen LogP contribution in [0.4, 0.5) is 0 Å². The van der Waals surface area contributed by atoms with Gasteiger partial charge in [-0.15, -0.1) is 11.3 Å². The van der Waals surface area contributed by atoms with Crippen molar-refractivity contribution >= 4 is 22.2 Å². The summed E-state index contributed by atoms with van der Waals surface area (Å²) in [5.74, 6) is -0.0222. The second-order valence-electron chi connectivity index (χ2n) is 4.95. The van der Waals surface area contributed by atoms with Gasteiger partial charge in [-0.25, -0.2) is 4.98 Å². The number of rotatable bonds is 3. The van der Waals surface area contributed by atoms with Crippen LogP contribution in [0, 0.1) is 0 Å². The van der Waals surface area contributed by atoms with Gasteiger partial charge in [-0.2, -0.15) is 0 Å². The van der Waals surface area contributed by atoms with Gasteiger partial charge < -0.3 is 4.90 Å². The van der Waals surface area contributed by atoms with Gasteiger partial charge in [0.2, 0.25) is 5.91 Å². The Morgan fingerprint density at radius 2 is 2.14 bits per heavy atom. The topological polar surface area (TPSA) is 57.9 Å². The first kappa shape index (κ1) is 14.0. The maximum absolute atomic E-state index is 11.9. The fourth-order valence-electron chi connectivity index (χ4n) is 2.45. The Hall–Kier alpha value is -1.99. The standard InChI is InChI=1S/C14H16N4O2S/c1-2-12(19)17-5-3-16(4-6-17)10-11-9-13(20)18-7-8-21-14(18)15-11/h2,7-9H,1,3-6,10H2. The Balaban J connectivity index is 1.68. The second kappa shape index (κ2) is 5.79. The number of piperazine rings is 1. The SMILES string of the molecule is C=CC(=O)N1CCN(Cc2cc(=O)n3ccsc3n2)CC1. The van der Waals surface area contributed by atoms with E-state index < -0.39 is 0 Å². The molecule has 7 heteroatoms. The predicted molar refractivity (Wildman–Crippen MR) is 81.4 cm³/mol. The van der Waals surface area contributed by atoms with Crippen molar-refractivity contribution in [2.45, 2.75) is 6.54 Å². The molecule has 1 amide bonds. The molecule has 1 fully saturated rings. The molecule has 0 N–H and O–H groups in total. The van der Waals surface area contributed by atoms with E-state index in [1.54, 1.807) is 21.6 Å². The largest absolute Gasteiger partial charge is 0.337 e. The summed E-state index contributed by atoms with van der Waals surface area (Å²) in [6.45, 7) is 7.08. The van der Waals surface area contributed by atoms with Gasteiger partial charge in [0.25, 0.3) is 5.56 Å². The summed E-state index contributed by atoms with van der Waals surface area (Å²) in [6, 6.07) is 1.58. The summed E-state index contributed by atoms with van der Waals surface area (Å²) in [5, 5.41) is 1.85. The van der Waals surface area contributed by atoms with Gasteiger partial charge in [0, 0.05) is 50.4 Å². The number of amides is 1. The van der Waals surface area contributed by atoms with Crippen LogP contribution in [-0.4, -0.2) is 51.3 Å². The van der Waals surface area contributed by atoms with Crippen LogP contribution in [0.3, 0.4) is 0 Å². The minimum Gasteiger partial charge on any atom is -0.337 e. The van der Waals surface area contributed by atoms with Crippen LogP contribution in [0.25, 0.3) is 4.96 Å². The number of hydrogen-bond acceptors (Lipinski definition) is 5. The molecule has 6 nitrogen and oxygen atoms in total. The molecule has 0 aromatic carbocycles. The molecule has 21 heavy (non-hydrogen) atoms. The highest BCUT2D eigenvalue weighted by atomic mass is 32.1. The van der Waals surface area contributed by atoms with Gasteiger partial charge in [-0.3, -0.25) is 18.9 Å². The summed E-state index contributed by atoms with van der Waals surface area (Å²) >= 11 is 1.45. The number of hydrogen-bond donors (Lipinski definition) is 0. The van der Waals surface area contributed by atoms with E-state index in [9.17, 15) is 9.59 Å². The molecule has 0 bridgehead atoms. The Bertz CT molecular complexity index is 728. The van der Waals surface area contributed by atoms with E-state index >= 15 is 0 Å². The van der Waals surface area contributed by atoms with E-state index in [4.69, 9.17) is 0 Å². The number of aromatic nitrogens is 2. The molecule has 1 aliphatic rings. The Kier molecular flexibility index (Phi) is 3.85. The van der Waals surface area contributed by atoms with Gasteiger partial charge in [-0.1, -0.05) is 6.58 Å². The van der Waals surface area contributed by atoms with Crippen molar-refractivity contribution in [2.24, 2.45) is 0 Å². The summed E-state index contributed by atoms with van der Waals surface area (Å²) in [7, 11) is 0. The highest BCUT2D eigenvalue weighted by molar-refractivity contribution is 7.15. The molecule has 0 spiro atoms. The Morgan fingerprint density at radius 3 is 2.86 bits per heavy atom. The molecule has 2 aromatic rings. The van der Waals surface area contributed by atoms with E-state index in [-0.39, 0.29) is 11.5 Å². The third kappa shape index (κ3) is 2.88. The minimum atomic E-state index is -0.0447. The summed E-state index contributed by atoms with van der Waals surface area (Å²) in [4.78, 5) is 32.7. The zero-order valence-corrected chi connectivity index (χ0v) is 12.4. The molecule has 0 atom stereocenters. The average molecular weight is 304 g/mol. The maximum atomic E-state index is 11.9. The predicted octanol–water partition coefficient (Wildman–Crippen LogP) is 0.586. The van der Waals surface area contributed by atoms with E-state index in [0.717, 1.165) is 23.7 Å². The molecule has 0 aliphatic carbocycles. The molecule has 0 radical (unpaired) electrons. The molecule has 3 heterocycles. The zero-order valence-electron chi connectivity index (χ0n) is 11.6. The molecule has 0 saturated carbocycles. The Labute approximate surface area is 125 Å². The number of thiazole rings is 1. The van der Waals surface area contributed by atoms with Crippen LogP contribution in [0.1, 0.15) is 5.69 Å². The second-order valence-corrected chi connectivity index (χ2v) is 5.82. The van der Waals surface area contributed by atoms with Gasteiger partial charge in [0.15, 0.2) is 4.96 Å². The monoisotopic (exact) mass is 304 g/mol. The van der Waals surface area contributed by atoms with Crippen LogP contribution in [-0.2, 0) is 11.3 Å². The molecule has 1 aliphatic heterocycles. The van der Waals surface area contributed by atoms with Crippen molar-refractivity contribution in [3.63, 3.8) is 0 Å². The molecular formula is C14H16N4O2S. The quantitative estimate of drug-likeness (QED) is 0.779. The van der Waals surface area contributed by atoms with E-state index in [1.807, 2.05) is 5.38 Å². The van der Waals surface area contributed by atoms with Crippen LogP contribution in [0.5, 0.6) is 0 Å². The number of nitrogens with zero attached hydrogens (tertiary/aromatic N) is 4. The third-order valence-electron chi connectivity index (χ3n) is 3.60. The first-order chi connectivity index (χ1) is 10.2. The molecule has 110 valence electrons. The smallest absolute Gasteiger partial charge is 0.258 e. The molecule has 0 unspecified atom stereocenters. The molecule has 1 saturated heterocycles. The highest BCUT2D eigenvalue weighted by Crippen LogP contribution is 2.10. The summed E-state index contributed by atoms with van der Waals surface area (Å²) in [5.41, 5.74) is 0.739. The average Bonchev–Trinajstić information content (AvgIpc) is 2.96. The van der Waals surface area contributed by atoms with Crippen molar-refractivity contribution < 1.29 is 4.79 Å². The van der Waals surface area contributed by atoms with Crippen LogP contribution >= 0.6 is 11.3 Å². The summed E-state index contributed by atoms with van der Waals surface area (Å²) in [6.07, 6.45) is 3.08. The molecular weight excluding hydrogens is 288 g/mol. The first-order valence-corrected chi connectivity index (χ1v) is 7.65. The van der Waals surface area contributed by atoms with E-state index in [2.05, 4.69) is 16.5 Å². The number of fused-ring (bicyclic) bond motifs is 1. The van der Waals surface area contributed by atoms with Gasteiger partial charge in [0.05, 0.1) is 5.69 Å². The minimum absolute atomic E-state index is 0.0222. The van der Waals surface area contributed by atoms with Crippen molar-refractivity contribution in [3.8, 4) is 0 Å². The Morgan fingerprint density at radius 1 is 1.38 bits per heavy atom. The van der Waals surface area contributed by atoms with Crippen LogP contribution in [0.2, 0.25) is 0 Å².